The molecule has 0 aromatic carbocycles. The van der Waals surface area contributed by atoms with Crippen LogP contribution < -0.4 is 0 Å². The molecule has 0 aliphatic heterocycles. The van der Waals surface area contributed by atoms with Gasteiger partial charge in [-0.3, -0.25) is 0 Å². The van der Waals surface area contributed by atoms with Crippen LogP contribution in [-0.2, 0) is 0 Å². The van der Waals surface area contributed by atoms with Crippen molar-refractivity contribution in [3.63, 3.8) is 0 Å². The smallest absolute Gasteiger partial charge is 0.0312 e. The van der Waals surface area contributed by atoms with Gasteiger partial charge in [-0.2, -0.15) is 0 Å². The molecule has 0 aliphatic rings. The number of allylic oxidation sites excluding steroid dienone is 1. The first-order valence-corrected chi connectivity index (χ1v) is 4.56. The molecule has 0 saturated carbocycles. The van der Waals surface area contributed by atoms with Crippen molar-refractivity contribution in [2.45, 2.75) is 34.1 Å². The molecule has 1 atom stereocenters. The number of hydrogen-bond donors (Lipinski definition) is 0. The maximum Gasteiger partial charge on any atom is 0.0312 e. The minimum atomic E-state index is 0.0970. The molecule has 1 heteroatoms. The van der Waals surface area contributed by atoms with Crippen LogP contribution in [0.3, 0.4) is 0 Å². The summed E-state index contributed by atoms with van der Waals surface area (Å²) < 4.78 is 0. The maximum atomic E-state index is 5.84. The molecule has 0 aromatic rings. The van der Waals surface area contributed by atoms with E-state index in [4.69, 9.17) is 11.6 Å². The predicted molar refractivity (Wildman–Crippen MR) is 53.1 cm³/mol. The molecule has 0 fully saturated rings. The van der Waals surface area contributed by atoms with Gasteiger partial charge in [0.2, 0.25) is 0 Å². The molecular formula is C10H19Cl. The highest BCUT2D eigenvalue weighted by Gasteiger charge is 2.25. The number of hydrogen-bond acceptors (Lipinski definition) is 0. The van der Waals surface area contributed by atoms with Crippen molar-refractivity contribution in [2.24, 2.45) is 10.8 Å². The van der Waals surface area contributed by atoms with Crippen LogP contribution in [0.2, 0.25) is 0 Å². The van der Waals surface area contributed by atoms with Crippen molar-refractivity contribution >= 4 is 11.6 Å². The molecule has 0 amide bonds. The summed E-state index contributed by atoms with van der Waals surface area (Å²) in [6, 6.07) is 0. The third-order valence-corrected chi connectivity index (χ3v) is 2.34. The predicted octanol–water partition coefficient (Wildman–Crippen LogP) is 3.85. The van der Waals surface area contributed by atoms with E-state index in [1.807, 2.05) is 6.08 Å². The van der Waals surface area contributed by atoms with E-state index in [1.54, 1.807) is 0 Å². The van der Waals surface area contributed by atoms with E-state index in [-0.39, 0.29) is 5.41 Å². The average Bonchev–Trinajstić information content (AvgIpc) is 1.84. The fourth-order valence-electron chi connectivity index (χ4n) is 1.39. The van der Waals surface area contributed by atoms with E-state index < -0.39 is 0 Å². The fourth-order valence-corrected chi connectivity index (χ4v) is 1.59. The van der Waals surface area contributed by atoms with Gasteiger partial charge in [-0.15, -0.1) is 18.2 Å². The Labute approximate surface area is 75.6 Å². The minimum absolute atomic E-state index is 0.0970. The molecule has 0 nitrogen and oxygen atoms in total. The third-order valence-electron chi connectivity index (χ3n) is 1.73. The Morgan fingerprint density at radius 2 is 1.73 bits per heavy atom. The fraction of sp³-hybridized carbons (Fsp3) is 0.800. The first-order chi connectivity index (χ1) is 4.83. The largest absolute Gasteiger partial charge is 0.126 e. The summed E-state index contributed by atoms with van der Waals surface area (Å²) in [7, 11) is 0. The van der Waals surface area contributed by atoms with Gasteiger partial charge in [0.15, 0.2) is 0 Å². The topological polar surface area (TPSA) is 0 Å². The second kappa shape index (κ2) is 3.62. The Balaban J connectivity index is 4.19. The molecule has 0 aromatic heterocycles. The van der Waals surface area contributed by atoms with Crippen LogP contribution in [0.1, 0.15) is 34.1 Å². The van der Waals surface area contributed by atoms with E-state index in [1.165, 1.54) is 0 Å². The van der Waals surface area contributed by atoms with E-state index in [2.05, 4.69) is 34.3 Å². The Kier molecular flexibility index (Phi) is 3.63. The van der Waals surface area contributed by atoms with E-state index in [9.17, 15) is 0 Å². The summed E-state index contributed by atoms with van der Waals surface area (Å²) in [4.78, 5) is 0. The lowest BCUT2D eigenvalue weighted by Crippen LogP contribution is -2.23. The summed E-state index contributed by atoms with van der Waals surface area (Å²) in [6.07, 6.45) is 3.05. The van der Waals surface area contributed by atoms with E-state index in [0.29, 0.717) is 11.3 Å². The lowest BCUT2D eigenvalue weighted by molar-refractivity contribution is 0.265. The molecule has 66 valence electrons. The average molecular weight is 175 g/mol. The third kappa shape index (κ3) is 4.47. The van der Waals surface area contributed by atoms with Gasteiger partial charge in [-0.1, -0.05) is 33.8 Å². The van der Waals surface area contributed by atoms with Gasteiger partial charge in [0.25, 0.3) is 0 Å². The van der Waals surface area contributed by atoms with Gasteiger partial charge in [0, 0.05) is 5.88 Å². The van der Waals surface area contributed by atoms with Crippen LogP contribution in [-0.4, -0.2) is 5.88 Å². The lowest BCUT2D eigenvalue weighted by Gasteiger charge is -2.31. The van der Waals surface area contributed by atoms with E-state index >= 15 is 0 Å². The zero-order valence-corrected chi connectivity index (χ0v) is 8.83. The van der Waals surface area contributed by atoms with Crippen LogP contribution >= 0.6 is 11.6 Å². The summed E-state index contributed by atoms with van der Waals surface area (Å²) >= 11 is 5.84. The molecule has 0 radical (unpaired) electrons. The quantitative estimate of drug-likeness (QED) is 0.451. The molecule has 0 bridgehead atoms. The highest BCUT2D eigenvalue weighted by atomic mass is 35.5. The highest BCUT2D eigenvalue weighted by molar-refractivity contribution is 6.18. The second-order valence-electron chi connectivity index (χ2n) is 4.73. The zero-order chi connectivity index (χ0) is 9.12. The monoisotopic (exact) mass is 174 g/mol. The maximum absolute atomic E-state index is 5.84. The summed E-state index contributed by atoms with van der Waals surface area (Å²) in [5.41, 5.74) is 0.428. The van der Waals surface area contributed by atoms with Crippen molar-refractivity contribution < 1.29 is 0 Å². The van der Waals surface area contributed by atoms with Gasteiger partial charge in [-0.25, -0.2) is 0 Å². The second-order valence-corrected chi connectivity index (χ2v) is 5.00. The molecule has 1 unspecified atom stereocenters. The highest BCUT2D eigenvalue weighted by Crippen LogP contribution is 2.35. The summed E-state index contributed by atoms with van der Waals surface area (Å²) in [6.45, 7) is 12.6. The first kappa shape index (κ1) is 11.0. The molecule has 11 heavy (non-hydrogen) atoms. The van der Waals surface area contributed by atoms with Gasteiger partial charge in [-0.05, 0) is 17.3 Å². The zero-order valence-electron chi connectivity index (χ0n) is 8.08. The van der Waals surface area contributed by atoms with Crippen LogP contribution in [0.5, 0.6) is 0 Å². The Morgan fingerprint density at radius 1 is 1.27 bits per heavy atom. The van der Waals surface area contributed by atoms with Crippen LogP contribution in [0.15, 0.2) is 12.7 Å². The summed E-state index contributed by atoms with van der Waals surface area (Å²) in [5.74, 6) is 0.660. The Morgan fingerprint density at radius 3 is 1.82 bits per heavy atom. The van der Waals surface area contributed by atoms with Crippen LogP contribution in [0.4, 0.5) is 0 Å². The van der Waals surface area contributed by atoms with E-state index in [0.717, 1.165) is 6.42 Å². The number of rotatable bonds is 3. The van der Waals surface area contributed by atoms with Crippen molar-refractivity contribution in [3.8, 4) is 0 Å². The SMILES string of the molecule is C=CC(C)(CCl)CC(C)(C)C. The van der Waals surface area contributed by atoms with Gasteiger partial charge in [0.05, 0.1) is 0 Å². The van der Waals surface area contributed by atoms with Crippen LogP contribution in [0.25, 0.3) is 0 Å². The standard InChI is InChI=1S/C10H19Cl/c1-6-10(5,8-11)7-9(2,3)4/h6H,1,7-8H2,2-5H3. The Hall–Kier alpha value is 0.0300. The van der Waals surface area contributed by atoms with Gasteiger partial charge >= 0.3 is 0 Å². The van der Waals surface area contributed by atoms with Crippen molar-refractivity contribution in [2.75, 3.05) is 5.88 Å². The number of halogens is 1. The van der Waals surface area contributed by atoms with Crippen molar-refractivity contribution in [3.05, 3.63) is 12.7 Å². The number of alkyl halides is 1. The molecule has 0 heterocycles. The molecular weight excluding hydrogens is 156 g/mol. The van der Waals surface area contributed by atoms with Crippen LogP contribution in [0, 0.1) is 10.8 Å². The lowest BCUT2D eigenvalue weighted by atomic mass is 9.76. The molecule has 0 aliphatic carbocycles. The molecule has 0 N–H and O–H groups in total. The normalized spacial score (nSPS) is 17.5. The first-order valence-electron chi connectivity index (χ1n) is 4.02. The van der Waals surface area contributed by atoms with Gasteiger partial charge in [0.1, 0.15) is 0 Å². The van der Waals surface area contributed by atoms with Crippen molar-refractivity contribution in [1.82, 2.24) is 0 Å². The van der Waals surface area contributed by atoms with Crippen molar-refractivity contribution in [1.29, 1.82) is 0 Å². The minimum Gasteiger partial charge on any atom is -0.126 e. The molecule has 0 spiro atoms. The van der Waals surface area contributed by atoms with Gasteiger partial charge < -0.3 is 0 Å². The summed E-state index contributed by atoms with van der Waals surface area (Å²) in [5, 5.41) is 0. The molecule has 0 saturated heterocycles. The molecule has 0 rings (SSSR count). The Bertz CT molecular complexity index is 132.